The number of hydrogen-bond donors (Lipinski definition) is 2. The number of nitrogens with zero attached hydrogens (tertiary/aromatic N) is 1. The molecule has 0 saturated heterocycles. The van der Waals surface area contributed by atoms with E-state index in [9.17, 15) is 9.59 Å². The van der Waals surface area contributed by atoms with Crippen molar-refractivity contribution in [2.75, 3.05) is 32.5 Å². The molecule has 0 aromatic heterocycles. The Labute approximate surface area is 118 Å². The lowest BCUT2D eigenvalue weighted by molar-refractivity contribution is -0.136. The molecule has 0 saturated carbocycles. The zero-order valence-electron chi connectivity index (χ0n) is 11.9. The normalized spacial score (nSPS) is 9.90. The lowest BCUT2D eigenvalue weighted by atomic mass is 10.3. The van der Waals surface area contributed by atoms with E-state index in [0.717, 1.165) is 6.42 Å². The molecule has 0 fully saturated rings. The molecule has 110 valence electrons. The summed E-state index contributed by atoms with van der Waals surface area (Å²) in [7, 11) is 1.56. The van der Waals surface area contributed by atoms with Gasteiger partial charge in [-0.3, -0.25) is 9.59 Å². The van der Waals surface area contributed by atoms with Crippen molar-refractivity contribution in [2.45, 2.75) is 13.3 Å². The van der Waals surface area contributed by atoms with Crippen LogP contribution in [0.3, 0.4) is 0 Å². The Bertz CT molecular complexity index is 463. The fourth-order valence-corrected chi connectivity index (χ4v) is 1.49. The number of benzene rings is 1. The van der Waals surface area contributed by atoms with Crippen LogP contribution in [-0.4, -0.2) is 43.5 Å². The van der Waals surface area contributed by atoms with Gasteiger partial charge in [0.2, 0.25) is 5.91 Å². The maximum atomic E-state index is 11.8. The first-order valence-electron chi connectivity index (χ1n) is 6.52. The number of nitrogens with one attached hydrogen (secondary N) is 1. The van der Waals surface area contributed by atoms with Gasteiger partial charge in [-0.15, -0.1) is 0 Å². The van der Waals surface area contributed by atoms with Crippen LogP contribution < -0.4 is 15.8 Å². The molecule has 0 aliphatic rings. The van der Waals surface area contributed by atoms with Crippen LogP contribution in [0.2, 0.25) is 0 Å². The molecule has 0 heterocycles. The number of carbonyl (C=O) groups excluding carboxylic acids is 2. The summed E-state index contributed by atoms with van der Waals surface area (Å²) in [6, 6.07) is 6.95. The quantitative estimate of drug-likeness (QED) is 0.717. The molecule has 0 spiro atoms. The summed E-state index contributed by atoms with van der Waals surface area (Å²) in [6.07, 6.45) is 0.861. The van der Waals surface area contributed by atoms with Gasteiger partial charge in [0.1, 0.15) is 5.75 Å². The standard InChI is InChI=1S/C14H21N3O3/c1-3-8-16-13(18)9-17(2)14(19)10-20-12-7-5-4-6-11(12)15/h4-7H,3,8-10,15H2,1-2H3,(H,16,18). The van der Waals surface area contributed by atoms with Crippen LogP contribution in [-0.2, 0) is 9.59 Å². The van der Waals surface area contributed by atoms with E-state index in [-0.39, 0.29) is 25.0 Å². The first-order chi connectivity index (χ1) is 9.54. The molecule has 2 amide bonds. The minimum atomic E-state index is -0.278. The summed E-state index contributed by atoms with van der Waals surface area (Å²) in [6.45, 7) is 2.45. The largest absolute Gasteiger partial charge is 0.482 e. The second kappa shape index (κ2) is 8.04. The molecule has 1 aromatic rings. The zero-order chi connectivity index (χ0) is 15.0. The van der Waals surface area contributed by atoms with E-state index in [1.807, 2.05) is 6.92 Å². The smallest absolute Gasteiger partial charge is 0.260 e. The fraction of sp³-hybridized carbons (Fsp3) is 0.429. The van der Waals surface area contributed by atoms with E-state index in [2.05, 4.69) is 5.32 Å². The monoisotopic (exact) mass is 279 g/mol. The summed E-state index contributed by atoms with van der Waals surface area (Å²) < 4.78 is 5.33. The molecular weight excluding hydrogens is 258 g/mol. The Morgan fingerprint density at radius 1 is 1.35 bits per heavy atom. The van der Waals surface area contributed by atoms with Crippen molar-refractivity contribution in [2.24, 2.45) is 0 Å². The van der Waals surface area contributed by atoms with Crippen molar-refractivity contribution in [3.05, 3.63) is 24.3 Å². The highest BCUT2D eigenvalue weighted by Gasteiger charge is 2.13. The molecule has 0 aliphatic carbocycles. The van der Waals surface area contributed by atoms with Gasteiger partial charge in [-0.1, -0.05) is 19.1 Å². The van der Waals surface area contributed by atoms with Gasteiger partial charge in [0.25, 0.3) is 5.91 Å². The van der Waals surface area contributed by atoms with Crippen molar-refractivity contribution in [1.29, 1.82) is 0 Å². The van der Waals surface area contributed by atoms with Crippen LogP contribution in [0, 0.1) is 0 Å². The van der Waals surface area contributed by atoms with Crippen LogP contribution in [0.15, 0.2) is 24.3 Å². The summed E-state index contributed by atoms with van der Waals surface area (Å²) >= 11 is 0. The topological polar surface area (TPSA) is 84.7 Å². The number of anilines is 1. The minimum absolute atomic E-state index is 0.0203. The molecule has 0 atom stereocenters. The number of rotatable bonds is 7. The van der Waals surface area contributed by atoms with Crippen molar-refractivity contribution >= 4 is 17.5 Å². The van der Waals surface area contributed by atoms with Crippen molar-refractivity contribution in [3.63, 3.8) is 0 Å². The molecule has 3 N–H and O–H groups in total. The van der Waals surface area contributed by atoms with Gasteiger partial charge in [-0.2, -0.15) is 0 Å². The predicted molar refractivity (Wildman–Crippen MR) is 77.3 cm³/mol. The highest BCUT2D eigenvalue weighted by atomic mass is 16.5. The second-order valence-electron chi connectivity index (χ2n) is 4.43. The minimum Gasteiger partial charge on any atom is -0.482 e. The first-order valence-corrected chi connectivity index (χ1v) is 6.52. The maximum absolute atomic E-state index is 11.8. The highest BCUT2D eigenvalue weighted by molar-refractivity contribution is 5.85. The van der Waals surface area contributed by atoms with Crippen molar-refractivity contribution < 1.29 is 14.3 Å². The van der Waals surface area contributed by atoms with Gasteiger partial charge in [0.15, 0.2) is 6.61 Å². The highest BCUT2D eigenvalue weighted by Crippen LogP contribution is 2.19. The Hall–Kier alpha value is -2.24. The van der Waals surface area contributed by atoms with Crippen molar-refractivity contribution in [1.82, 2.24) is 10.2 Å². The summed E-state index contributed by atoms with van der Waals surface area (Å²) in [5.74, 6) is 0.00603. The maximum Gasteiger partial charge on any atom is 0.260 e. The van der Waals surface area contributed by atoms with Crippen molar-refractivity contribution in [3.8, 4) is 5.75 Å². The van der Waals surface area contributed by atoms with Gasteiger partial charge in [-0.25, -0.2) is 0 Å². The summed E-state index contributed by atoms with van der Waals surface area (Å²) in [5, 5.41) is 2.71. The third-order valence-corrected chi connectivity index (χ3v) is 2.65. The molecule has 0 bridgehead atoms. The first kappa shape index (κ1) is 15.8. The summed E-state index contributed by atoms with van der Waals surface area (Å²) in [5.41, 5.74) is 6.18. The number of hydrogen-bond acceptors (Lipinski definition) is 4. The van der Waals surface area contributed by atoms with Gasteiger partial charge in [0, 0.05) is 13.6 Å². The van der Waals surface area contributed by atoms with E-state index in [1.165, 1.54) is 4.90 Å². The molecular formula is C14H21N3O3. The summed E-state index contributed by atoms with van der Waals surface area (Å²) in [4.78, 5) is 24.6. The number of nitrogen functional groups attached to an aromatic ring is 1. The molecule has 6 nitrogen and oxygen atoms in total. The van der Waals surface area contributed by atoms with Crippen LogP contribution in [0.5, 0.6) is 5.75 Å². The molecule has 20 heavy (non-hydrogen) atoms. The zero-order valence-corrected chi connectivity index (χ0v) is 11.9. The molecule has 0 unspecified atom stereocenters. The molecule has 0 aliphatic heterocycles. The molecule has 6 heteroatoms. The van der Waals surface area contributed by atoms with Crippen LogP contribution in [0.1, 0.15) is 13.3 Å². The van der Waals surface area contributed by atoms with E-state index in [0.29, 0.717) is 18.0 Å². The third-order valence-electron chi connectivity index (χ3n) is 2.65. The van der Waals surface area contributed by atoms with Crippen LogP contribution in [0.25, 0.3) is 0 Å². The predicted octanol–water partition coefficient (Wildman–Crippen LogP) is 0.632. The molecule has 1 aromatic carbocycles. The van der Waals surface area contributed by atoms with Gasteiger partial charge >= 0.3 is 0 Å². The number of amides is 2. The van der Waals surface area contributed by atoms with Crippen LogP contribution in [0.4, 0.5) is 5.69 Å². The fourth-order valence-electron chi connectivity index (χ4n) is 1.49. The molecule has 1 rings (SSSR count). The number of para-hydroxylation sites is 2. The average molecular weight is 279 g/mol. The van der Waals surface area contributed by atoms with E-state index < -0.39 is 0 Å². The Morgan fingerprint density at radius 3 is 2.70 bits per heavy atom. The third kappa shape index (κ3) is 5.17. The average Bonchev–Trinajstić information content (AvgIpc) is 2.43. The van der Waals surface area contributed by atoms with E-state index in [1.54, 1.807) is 31.3 Å². The molecule has 0 radical (unpaired) electrons. The van der Waals surface area contributed by atoms with Gasteiger partial charge in [-0.05, 0) is 18.6 Å². The number of likely N-dealkylation sites (N-methyl/N-ethyl adjacent to an activating group) is 1. The number of ether oxygens (including phenoxy) is 1. The number of nitrogens with two attached hydrogens (primary N) is 1. The van der Waals surface area contributed by atoms with Gasteiger partial charge < -0.3 is 20.7 Å². The van der Waals surface area contributed by atoms with E-state index in [4.69, 9.17) is 10.5 Å². The Kier molecular flexibility index (Phi) is 6.36. The lowest BCUT2D eigenvalue weighted by Crippen LogP contribution is -2.40. The second-order valence-corrected chi connectivity index (χ2v) is 4.43. The Balaban J connectivity index is 2.39. The van der Waals surface area contributed by atoms with E-state index >= 15 is 0 Å². The Morgan fingerprint density at radius 2 is 2.05 bits per heavy atom. The lowest BCUT2D eigenvalue weighted by Gasteiger charge is -2.17. The van der Waals surface area contributed by atoms with Gasteiger partial charge in [0.05, 0.1) is 12.2 Å². The number of carbonyl (C=O) groups is 2. The SMILES string of the molecule is CCCNC(=O)CN(C)C(=O)COc1ccccc1N. The van der Waals surface area contributed by atoms with Crippen LogP contribution >= 0.6 is 0 Å².